The van der Waals surface area contributed by atoms with Crippen LogP contribution in [0.5, 0.6) is 0 Å². The van der Waals surface area contributed by atoms with E-state index in [1.54, 1.807) is 7.11 Å². The first-order chi connectivity index (χ1) is 15.9. The third-order valence-corrected chi connectivity index (χ3v) is 7.56. The molecule has 0 atom stereocenters. The Morgan fingerprint density at radius 1 is 1.15 bits per heavy atom. The van der Waals surface area contributed by atoms with Crippen molar-refractivity contribution < 1.29 is 4.74 Å². The molecule has 182 valence electrons. The maximum atomic E-state index is 6.29. The third kappa shape index (κ3) is 5.49. The molecule has 4 aliphatic rings. The Bertz CT molecular complexity index is 837. The number of piperidine rings is 1. The van der Waals surface area contributed by atoms with Gasteiger partial charge in [0.1, 0.15) is 11.6 Å². The van der Waals surface area contributed by atoms with E-state index in [1.807, 2.05) is 12.3 Å². The minimum absolute atomic E-state index is 0.239. The minimum Gasteiger partial charge on any atom is -0.368 e. The van der Waals surface area contributed by atoms with Gasteiger partial charge in [-0.05, 0) is 51.7 Å². The Hall–Kier alpha value is -2.19. The highest BCUT2D eigenvalue weighted by Gasteiger charge is 2.36. The molecule has 5 rings (SSSR count). The van der Waals surface area contributed by atoms with Crippen molar-refractivity contribution >= 4 is 23.3 Å². The maximum absolute atomic E-state index is 6.29. The number of aromatic nitrogens is 1. The number of ether oxygens (including phenoxy) is 1. The summed E-state index contributed by atoms with van der Waals surface area (Å²) in [5.41, 5.74) is 7.02. The number of hydrogen-bond donors (Lipinski definition) is 1. The highest BCUT2D eigenvalue weighted by molar-refractivity contribution is 5.96. The van der Waals surface area contributed by atoms with Gasteiger partial charge in [-0.15, -0.1) is 0 Å². The molecule has 4 heterocycles. The SMILES string of the molecule is CCC(=NC(N)=Nc1ccc(N2CCN3CCC2CC3)cn1)N(C1CCCC1)C(C)(C)OC. The van der Waals surface area contributed by atoms with E-state index in [2.05, 4.69) is 51.5 Å². The number of nitrogens with two attached hydrogens (primary N) is 1. The maximum Gasteiger partial charge on any atom is 0.223 e. The van der Waals surface area contributed by atoms with E-state index in [1.165, 1.54) is 44.5 Å². The smallest absolute Gasteiger partial charge is 0.223 e. The molecule has 2 N–H and O–H groups in total. The highest BCUT2D eigenvalue weighted by atomic mass is 16.5. The van der Waals surface area contributed by atoms with Gasteiger partial charge < -0.3 is 25.2 Å². The van der Waals surface area contributed by atoms with Gasteiger partial charge in [0.2, 0.25) is 5.96 Å². The number of guanidine groups is 1. The molecule has 1 saturated carbocycles. The summed E-state index contributed by atoms with van der Waals surface area (Å²) >= 11 is 0. The first kappa shape index (κ1) is 24.0. The molecule has 1 aliphatic carbocycles. The van der Waals surface area contributed by atoms with Crippen molar-refractivity contribution in [3.63, 3.8) is 0 Å². The van der Waals surface area contributed by atoms with Crippen LogP contribution in [-0.2, 0) is 4.74 Å². The van der Waals surface area contributed by atoms with Gasteiger partial charge in [-0.3, -0.25) is 0 Å². The van der Waals surface area contributed by atoms with E-state index in [0.717, 1.165) is 38.2 Å². The first-order valence-corrected chi connectivity index (χ1v) is 12.6. The summed E-state index contributed by atoms with van der Waals surface area (Å²) in [6.07, 6.45) is 9.96. The molecule has 33 heavy (non-hydrogen) atoms. The molecular weight excluding hydrogens is 414 g/mol. The van der Waals surface area contributed by atoms with E-state index in [9.17, 15) is 0 Å². The summed E-state index contributed by atoms with van der Waals surface area (Å²) in [6.45, 7) is 10.9. The summed E-state index contributed by atoms with van der Waals surface area (Å²) in [4.78, 5) is 21.2. The van der Waals surface area contributed by atoms with E-state index in [0.29, 0.717) is 17.9 Å². The normalized spacial score (nSPS) is 24.9. The number of rotatable bonds is 6. The molecule has 8 nitrogen and oxygen atoms in total. The van der Waals surface area contributed by atoms with Crippen LogP contribution in [0.1, 0.15) is 65.7 Å². The molecule has 0 aromatic carbocycles. The largest absolute Gasteiger partial charge is 0.368 e. The van der Waals surface area contributed by atoms with Crippen molar-refractivity contribution in [2.45, 2.75) is 83.5 Å². The number of pyridine rings is 1. The van der Waals surface area contributed by atoms with Crippen molar-refractivity contribution in [3.05, 3.63) is 18.3 Å². The van der Waals surface area contributed by atoms with E-state index in [-0.39, 0.29) is 5.96 Å². The van der Waals surface area contributed by atoms with Crippen LogP contribution in [0.25, 0.3) is 0 Å². The third-order valence-electron chi connectivity index (χ3n) is 7.56. The fraction of sp³-hybridized carbons (Fsp3) is 0.720. The lowest BCUT2D eigenvalue weighted by molar-refractivity contribution is -0.0896. The van der Waals surface area contributed by atoms with Gasteiger partial charge >= 0.3 is 0 Å². The van der Waals surface area contributed by atoms with E-state index >= 15 is 0 Å². The van der Waals surface area contributed by atoms with Crippen LogP contribution in [0, 0.1) is 0 Å². The number of aliphatic imine (C=N–C) groups is 2. The van der Waals surface area contributed by atoms with Crippen LogP contribution < -0.4 is 10.6 Å². The quantitative estimate of drug-likeness (QED) is 0.400. The van der Waals surface area contributed by atoms with Crippen LogP contribution >= 0.6 is 0 Å². The minimum atomic E-state index is -0.451. The second-order valence-electron chi connectivity index (χ2n) is 9.95. The van der Waals surface area contributed by atoms with Crippen molar-refractivity contribution in [2.24, 2.45) is 15.7 Å². The predicted molar refractivity (Wildman–Crippen MR) is 135 cm³/mol. The Morgan fingerprint density at radius 3 is 2.48 bits per heavy atom. The molecule has 0 unspecified atom stereocenters. The zero-order valence-electron chi connectivity index (χ0n) is 20.8. The second kappa shape index (κ2) is 10.4. The number of methoxy groups -OCH3 is 1. The van der Waals surface area contributed by atoms with Gasteiger partial charge in [0.25, 0.3) is 0 Å². The first-order valence-electron chi connectivity index (χ1n) is 12.6. The number of hydrogen-bond acceptors (Lipinski definition) is 5. The van der Waals surface area contributed by atoms with Crippen molar-refractivity contribution in [1.82, 2.24) is 14.8 Å². The van der Waals surface area contributed by atoms with Gasteiger partial charge in [0, 0.05) is 51.8 Å². The van der Waals surface area contributed by atoms with Crippen molar-refractivity contribution in [2.75, 3.05) is 38.2 Å². The second-order valence-corrected chi connectivity index (χ2v) is 9.95. The van der Waals surface area contributed by atoms with Crippen LogP contribution in [-0.4, -0.2) is 77.7 Å². The highest BCUT2D eigenvalue weighted by Crippen LogP contribution is 2.31. The number of nitrogens with zero attached hydrogens (tertiary/aromatic N) is 6. The topological polar surface area (TPSA) is 82.6 Å². The van der Waals surface area contributed by atoms with Crippen LogP contribution in [0.4, 0.5) is 11.5 Å². The lowest BCUT2D eigenvalue weighted by atomic mass is 10.0. The summed E-state index contributed by atoms with van der Waals surface area (Å²) in [6, 6.07) is 5.11. The van der Waals surface area contributed by atoms with Crippen molar-refractivity contribution in [1.29, 1.82) is 0 Å². The Kier molecular flexibility index (Phi) is 7.54. The molecule has 8 heteroatoms. The molecule has 0 amide bonds. The molecule has 0 radical (unpaired) electrons. The molecule has 1 aromatic heterocycles. The number of fused-ring (bicyclic) bond motifs is 4. The monoisotopic (exact) mass is 455 g/mol. The summed E-state index contributed by atoms with van der Waals surface area (Å²) in [5, 5.41) is 0. The Morgan fingerprint density at radius 2 is 1.88 bits per heavy atom. The Labute approximate surface area is 198 Å². The summed E-state index contributed by atoms with van der Waals surface area (Å²) in [7, 11) is 1.76. The molecule has 3 saturated heterocycles. The fourth-order valence-electron chi connectivity index (χ4n) is 5.64. The molecule has 3 aliphatic heterocycles. The zero-order valence-corrected chi connectivity index (χ0v) is 20.8. The van der Waals surface area contributed by atoms with Crippen LogP contribution in [0.2, 0.25) is 0 Å². The number of amidine groups is 1. The summed E-state index contributed by atoms with van der Waals surface area (Å²) < 4.78 is 5.84. The lowest BCUT2D eigenvalue weighted by Crippen LogP contribution is -2.53. The fourth-order valence-corrected chi connectivity index (χ4v) is 5.64. The molecule has 0 spiro atoms. The van der Waals surface area contributed by atoms with Gasteiger partial charge in [-0.2, -0.15) is 4.99 Å². The predicted octanol–water partition coefficient (Wildman–Crippen LogP) is 3.75. The van der Waals surface area contributed by atoms with Crippen molar-refractivity contribution in [3.8, 4) is 0 Å². The summed E-state index contributed by atoms with van der Waals surface area (Å²) in [5.74, 6) is 1.75. The van der Waals surface area contributed by atoms with Crippen LogP contribution in [0.3, 0.4) is 0 Å². The van der Waals surface area contributed by atoms with Gasteiger partial charge in [-0.25, -0.2) is 9.98 Å². The zero-order chi connectivity index (χ0) is 23.4. The van der Waals surface area contributed by atoms with Crippen LogP contribution in [0.15, 0.2) is 28.3 Å². The average Bonchev–Trinajstić information content (AvgIpc) is 3.17. The Balaban J connectivity index is 1.51. The molecular formula is C25H41N7O. The number of anilines is 1. The van der Waals surface area contributed by atoms with Gasteiger partial charge in [0.05, 0.1) is 11.9 Å². The molecule has 1 aromatic rings. The molecule has 4 fully saturated rings. The van der Waals surface area contributed by atoms with E-state index < -0.39 is 5.72 Å². The van der Waals surface area contributed by atoms with Gasteiger partial charge in [0.15, 0.2) is 5.82 Å². The van der Waals surface area contributed by atoms with Gasteiger partial charge in [-0.1, -0.05) is 19.8 Å². The lowest BCUT2D eigenvalue weighted by Gasteiger charge is -2.43. The van der Waals surface area contributed by atoms with E-state index in [4.69, 9.17) is 15.5 Å². The average molecular weight is 456 g/mol. The standard InChI is InChI=1S/C25H41N7O/c1-5-23(32(25(2,3)33-4)20-8-6-7-9-20)29-24(26)28-22-11-10-21(18-27-22)31-17-16-30-14-12-19(31)13-15-30/h10-11,18-20H,5-9,12-17H2,1-4H3,(H2,26,27,28). The molecule has 2 bridgehead atoms.